The lowest BCUT2D eigenvalue weighted by Gasteiger charge is -2.33. The molecule has 0 spiro atoms. The fraction of sp³-hybridized carbons (Fsp3) is 0.611. The third kappa shape index (κ3) is 11.4. The van der Waals surface area contributed by atoms with Crippen molar-refractivity contribution in [3.05, 3.63) is 43.3 Å². The molecule has 18 heteroatoms. The third-order valence-corrected chi connectivity index (χ3v) is 13.2. The maximum absolute atomic E-state index is 13.9. The highest BCUT2D eigenvalue weighted by Gasteiger charge is 2.42. The lowest BCUT2D eigenvalue weighted by Crippen LogP contribution is -2.44. The minimum Gasteiger partial charge on any atom is -0.328 e. The highest BCUT2D eigenvalue weighted by Crippen LogP contribution is 2.44. The van der Waals surface area contributed by atoms with Crippen LogP contribution in [0.3, 0.4) is 0 Å². The van der Waals surface area contributed by atoms with E-state index in [0.29, 0.717) is 67.5 Å². The largest absolute Gasteiger partial charge is 0.328 e. The molecule has 14 nitrogen and oxygen atoms in total. The van der Waals surface area contributed by atoms with Gasteiger partial charge in [-0.05, 0) is 82.5 Å². The Bertz CT molecular complexity index is 1880. The molecule has 2 aromatic rings. The number of carbonyl (C=O) groups is 4. The van der Waals surface area contributed by atoms with E-state index in [1.54, 1.807) is 12.1 Å². The van der Waals surface area contributed by atoms with E-state index in [4.69, 9.17) is 9.11 Å². The highest BCUT2D eigenvalue weighted by molar-refractivity contribution is 9.10. The van der Waals surface area contributed by atoms with Crippen LogP contribution in [0.1, 0.15) is 106 Å². The number of imide groups is 2. The van der Waals surface area contributed by atoms with Crippen molar-refractivity contribution < 1.29 is 54.1 Å². The summed E-state index contributed by atoms with van der Waals surface area (Å²) in [7, 11) is 0.0677. The van der Waals surface area contributed by atoms with Gasteiger partial charge in [0.15, 0.2) is 0 Å². The molecule has 0 aliphatic carbocycles. The van der Waals surface area contributed by atoms with Crippen LogP contribution >= 0.6 is 31.9 Å². The molecule has 0 unspecified atom stereocenters. The first-order valence-electron chi connectivity index (χ1n) is 18.3. The fourth-order valence-corrected chi connectivity index (χ4v) is 9.56. The van der Waals surface area contributed by atoms with Crippen LogP contribution in [0.25, 0.3) is 10.8 Å². The number of halogens is 2. The minimum absolute atomic E-state index is 0.203. The van der Waals surface area contributed by atoms with Crippen LogP contribution in [0.15, 0.2) is 21.1 Å². The first kappa shape index (κ1) is 44.4. The first-order valence-corrected chi connectivity index (χ1v) is 23.1. The summed E-state index contributed by atoms with van der Waals surface area (Å²) in [5, 5.41) is 0.605. The summed E-state index contributed by atoms with van der Waals surface area (Å²) in [6.07, 6.45) is 6.87. The van der Waals surface area contributed by atoms with E-state index in [-0.39, 0.29) is 46.8 Å². The summed E-state index contributed by atoms with van der Waals surface area (Å²) in [5.74, 6) is -2.47. The van der Waals surface area contributed by atoms with Gasteiger partial charge in [-0.15, -0.1) is 0 Å². The predicted molar refractivity (Wildman–Crippen MR) is 213 cm³/mol. The average molecular weight is 925 g/mol. The van der Waals surface area contributed by atoms with Crippen LogP contribution in [-0.4, -0.2) is 147 Å². The van der Waals surface area contributed by atoms with E-state index >= 15 is 0 Å². The molecule has 54 heavy (non-hydrogen) atoms. The van der Waals surface area contributed by atoms with Gasteiger partial charge in [-0.2, -0.15) is 16.8 Å². The topological polar surface area (TPSA) is 184 Å². The summed E-state index contributed by atoms with van der Waals surface area (Å²) in [6.45, 7) is 3.25. The van der Waals surface area contributed by atoms with Crippen molar-refractivity contribution in [3.8, 4) is 0 Å². The molecule has 0 bridgehead atoms. The number of carbonyl (C=O) groups excluding carboxylic acids is 4. The maximum atomic E-state index is 13.9. The quantitative estimate of drug-likeness (QED) is 0.0673. The third-order valence-electron chi connectivity index (χ3n) is 10.3. The van der Waals surface area contributed by atoms with Gasteiger partial charge in [0.05, 0.1) is 77.0 Å². The molecule has 0 saturated carbocycles. The number of unbranched alkanes of at least 4 members (excludes halogenated alkanes) is 6. The second-order valence-electron chi connectivity index (χ2n) is 15.7. The molecule has 2 aliphatic rings. The van der Waals surface area contributed by atoms with Crippen molar-refractivity contribution in [2.45, 2.75) is 64.2 Å². The highest BCUT2D eigenvalue weighted by atomic mass is 79.9. The Balaban J connectivity index is 1.36. The first-order chi connectivity index (χ1) is 25.0. The molecule has 2 heterocycles. The Kier molecular flexibility index (Phi) is 14.7. The molecule has 2 aliphatic heterocycles. The van der Waals surface area contributed by atoms with E-state index in [2.05, 4.69) is 31.9 Å². The summed E-state index contributed by atoms with van der Waals surface area (Å²) < 4.78 is 64.0. The number of amides is 4. The zero-order valence-corrected chi connectivity index (χ0v) is 36.2. The van der Waals surface area contributed by atoms with Gasteiger partial charge in [0.1, 0.15) is 0 Å². The average Bonchev–Trinajstić information content (AvgIpc) is 3.03. The van der Waals surface area contributed by atoms with Crippen molar-refractivity contribution in [2.75, 3.05) is 79.0 Å². The molecule has 2 N–H and O–H groups in total. The van der Waals surface area contributed by atoms with E-state index in [9.17, 15) is 36.0 Å². The van der Waals surface area contributed by atoms with Gasteiger partial charge >= 0.3 is 0 Å². The zero-order valence-electron chi connectivity index (χ0n) is 31.4. The number of rotatable bonds is 22. The van der Waals surface area contributed by atoms with Gasteiger partial charge in [0.25, 0.3) is 43.9 Å². The van der Waals surface area contributed by atoms with E-state index in [1.165, 1.54) is 9.80 Å². The molecule has 4 rings (SSSR count). The van der Waals surface area contributed by atoms with Crippen LogP contribution in [-0.2, 0) is 20.2 Å². The zero-order chi connectivity index (χ0) is 40.2. The molecule has 0 radical (unpaired) electrons. The van der Waals surface area contributed by atoms with Crippen LogP contribution < -0.4 is 0 Å². The number of nitrogens with zero attached hydrogens (tertiary/aromatic N) is 4. The molecule has 0 fully saturated rings. The second kappa shape index (κ2) is 17.9. The summed E-state index contributed by atoms with van der Waals surface area (Å²) in [5.41, 5.74) is 0.981. The number of benzene rings is 2. The van der Waals surface area contributed by atoms with E-state index < -0.39 is 43.9 Å². The van der Waals surface area contributed by atoms with Crippen molar-refractivity contribution >= 4 is 86.5 Å². The summed E-state index contributed by atoms with van der Waals surface area (Å²) in [4.78, 5) is 57.8. The molecule has 0 saturated heterocycles. The standard InChI is InChI=1S/C36H50Br2N4O10S2/c1-41(2,19-13-21-53(47,48)49)17-11-7-5-9-15-39-33(43)25-23-28(38)32-30-26(24-27(37)31(29(25)30)35(39)45)34(44)40(36(32)46)16-10-6-8-12-18-42(3,4)20-14-22-54(50,51)52/h23-24H,5-22H2,1-4H3/p+2. The second-order valence-corrected chi connectivity index (χ2v) is 20.6. The molecule has 0 aromatic heterocycles. The summed E-state index contributed by atoms with van der Waals surface area (Å²) in [6, 6.07) is 3.14. The normalized spacial score (nSPS) is 15.3. The van der Waals surface area contributed by atoms with Gasteiger partial charge in [-0.25, -0.2) is 0 Å². The minimum atomic E-state index is -3.98. The van der Waals surface area contributed by atoms with Gasteiger partial charge in [0, 0.05) is 56.8 Å². The lowest BCUT2D eigenvalue weighted by molar-refractivity contribution is -0.890. The van der Waals surface area contributed by atoms with Crippen molar-refractivity contribution in [1.29, 1.82) is 0 Å². The fourth-order valence-electron chi connectivity index (χ4n) is 7.38. The smallest absolute Gasteiger partial charge is 0.265 e. The Morgan fingerprint density at radius 1 is 0.519 bits per heavy atom. The van der Waals surface area contributed by atoms with E-state index in [1.807, 2.05) is 28.2 Å². The Morgan fingerprint density at radius 3 is 1.17 bits per heavy atom. The van der Waals surface area contributed by atoms with Crippen molar-refractivity contribution in [3.63, 3.8) is 0 Å². The lowest BCUT2D eigenvalue weighted by atomic mass is 9.85. The Labute approximate surface area is 335 Å². The predicted octanol–water partition coefficient (Wildman–Crippen LogP) is 5.39. The van der Waals surface area contributed by atoms with Crippen LogP contribution in [0.4, 0.5) is 0 Å². The van der Waals surface area contributed by atoms with E-state index in [0.717, 1.165) is 51.6 Å². The number of hydrogen-bond donors (Lipinski definition) is 2. The summed E-state index contributed by atoms with van der Waals surface area (Å²) >= 11 is 7.02. The molecular weight excluding hydrogens is 872 g/mol. The maximum Gasteiger partial charge on any atom is 0.265 e. The van der Waals surface area contributed by atoms with Crippen molar-refractivity contribution in [1.82, 2.24) is 9.80 Å². The van der Waals surface area contributed by atoms with Crippen LogP contribution in [0, 0.1) is 0 Å². The molecule has 4 amide bonds. The molecule has 0 atom stereocenters. The van der Waals surface area contributed by atoms with Crippen molar-refractivity contribution in [2.24, 2.45) is 0 Å². The monoisotopic (exact) mass is 922 g/mol. The van der Waals surface area contributed by atoms with Crippen LogP contribution in [0.2, 0.25) is 0 Å². The SMILES string of the molecule is C[N+](C)(CCCCCCN1C(=O)c2cc(Br)c3c4c(cc(Br)c(c24)C1=O)C(=O)N(CCCCCC[N+](C)(C)CCCS(=O)(=O)O)C3=O)CCCS(=O)(=O)O. The van der Waals surface area contributed by atoms with Gasteiger partial charge in [-0.3, -0.25) is 38.1 Å². The number of quaternary nitrogens is 2. The molecule has 2 aromatic carbocycles. The molecule has 300 valence electrons. The number of hydrogen-bond acceptors (Lipinski definition) is 8. The Hall–Kier alpha value is -2.32. The Morgan fingerprint density at radius 2 is 0.833 bits per heavy atom. The van der Waals surface area contributed by atoms with Crippen LogP contribution in [0.5, 0.6) is 0 Å². The van der Waals surface area contributed by atoms with Gasteiger partial charge in [0.2, 0.25) is 0 Å². The van der Waals surface area contributed by atoms with Gasteiger partial charge < -0.3 is 8.97 Å². The van der Waals surface area contributed by atoms with Gasteiger partial charge in [-0.1, -0.05) is 12.8 Å². The molecular formula is C36H52Br2N4O10S2+2.